The molecule has 0 radical (unpaired) electrons. The quantitative estimate of drug-likeness (QED) is 0.719. The highest BCUT2D eigenvalue weighted by Crippen LogP contribution is 2.21. The molecule has 1 amide bonds. The van der Waals surface area contributed by atoms with Crippen LogP contribution in [-0.4, -0.2) is 21.1 Å². The summed E-state index contributed by atoms with van der Waals surface area (Å²) in [5, 5.41) is 10.1. The van der Waals surface area contributed by atoms with Gasteiger partial charge in [-0.2, -0.15) is 5.10 Å². The maximum atomic E-state index is 11.9. The van der Waals surface area contributed by atoms with Crippen molar-refractivity contribution in [3.63, 3.8) is 0 Å². The molecular weight excluding hydrogens is 228 g/mol. The van der Waals surface area contributed by atoms with Gasteiger partial charge in [0.25, 0.3) is 5.91 Å². The minimum absolute atomic E-state index is 0.219. The van der Waals surface area contributed by atoms with Crippen LogP contribution >= 0.6 is 0 Å². The number of benzene rings is 1. The van der Waals surface area contributed by atoms with Gasteiger partial charge in [-0.15, -0.1) is 0 Å². The molecular formula is C13H10N4O. The van der Waals surface area contributed by atoms with Crippen molar-refractivity contribution in [3.05, 3.63) is 54.5 Å². The summed E-state index contributed by atoms with van der Waals surface area (Å²) < 4.78 is 0. The lowest BCUT2D eigenvalue weighted by molar-refractivity contribution is 0.102. The molecule has 0 saturated heterocycles. The SMILES string of the molecule is O=C(Nc1cccc2ncccc12)c1ccn[nH]1. The Kier molecular flexibility index (Phi) is 2.49. The van der Waals surface area contributed by atoms with E-state index < -0.39 is 0 Å². The molecule has 0 aliphatic heterocycles. The van der Waals surface area contributed by atoms with E-state index in [0.717, 1.165) is 16.6 Å². The van der Waals surface area contributed by atoms with Crippen molar-refractivity contribution >= 4 is 22.5 Å². The minimum Gasteiger partial charge on any atom is -0.320 e. The lowest BCUT2D eigenvalue weighted by atomic mass is 10.2. The van der Waals surface area contributed by atoms with E-state index in [1.54, 1.807) is 18.5 Å². The van der Waals surface area contributed by atoms with Crippen LogP contribution in [0.25, 0.3) is 10.9 Å². The van der Waals surface area contributed by atoms with Crippen molar-refractivity contribution in [2.75, 3.05) is 5.32 Å². The number of H-pyrrole nitrogens is 1. The Morgan fingerprint density at radius 1 is 1.11 bits per heavy atom. The molecule has 2 N–H and O–H groups in total. The number of carbonyl (C=O) groups excluding carboxylic acids is 1. The number of rotatable bonds is 2. The fraction of sp³-hybridized carbons (Fsp3) is 0. The number of aromatic amines is 1. The number of hydrogen-bond acceptors (Lipinski definition) is 3. The number of fused-ring (bicyclic) bond motifs is 1. The Labute approximate surface area is 103 Å². The molecule has 3 rings (SSSR count). The van der Waals surface area contributed by atoms with Gasteiger partial charge < -0.3 is 5.32 Å². The zero-order chi connectivity index (χ0) is 12.4. The predicted octanol–water partition coefficient (Wildman–Crippen LogP) is 2.21. The molecule has 0 saturated carbocycles. The first-order chi connectivity index (χ1) is 8.84. The van der Waals surface area contributed by atoms with Crippen LogP contribution in [0, 0.1) is 0 Å². The first-order valence-electron chi connectivity index (χ1n) is 5.49. The molecule has 0 bridgehead atoms. The molecule has 2 heterocycles. The fourth-order valence-corrected chi connectivity index (χ4v) is 1.78. The lowest BCUT2D eigenvalue weighted by Gasteiger charge is -2.06. The van der Waals surface area contributed by atoms with Crippen molar-refractivity contribution in [2.24, 2.45) is 0 Å². The maximum absolute atomic E-state index is 11.9. The summed E-state index contributed by atoms with van der Waals surface area (Å²) in [5.41, 5.74) is 2.01. The van der Waals surface area contributed by atoms with Crippen LogP contribution in [0.3, 0.4) is 0 Å². The maximum Gasteiger partial charge on any atom is 0.273 e. The van der Waals surface area contributed by atoms with Gasteiger partial charge in [0.05, 0.1) is 11.2 Å². The molecule has 88 valence electrons. The zero-order valence-electron chi connectivity index (χ0n) is 9.42. The van der Waals surface area contributed by atoms with Crippen molar-refractivity contribution in [1.82, 2.24) is 15.2 Å². The third-order valence-electron chi connectivity index (χ3n) is 2.64. The molecule has 5 heteroatoms. The molecule has 0 atom stereocenters. The van der Waals surface area contributed by atoms with E-state index in [0.29, 0.717) is 5.69 Å². The van der Waals surface area contributed by atoms with E-state index in [1.807, 2.05) is 30.3 Å². The summed E-state index contributed by atoms with van der Waals surface area (Å²) in [4.78, 5) is 16.2. The topological polar surface area (TPSA) is 70.7 Å². The van der Waals surface area contributed by atoms with Gasteiger partial charge >= 0.3 is 0 Å². The van der Waals surface area contributed by atoms with Crippen LogP contribution in [-0.2, 0) is 0 Å². The molecule has 0 aliphatic carbocycles. The summed E-state index contributed by atoms with van der Waals surface area (Å²) in [7, 11) is 0. The van der Waals surface area contributed by atoms with Crippen LogP contribution < -0.4 is 5.32 Å². The van der Waals surface area contributed by atoms with Crippen molar-refractivity contribution < 1.29 is 4.79 Å². The average molecular weight is 238 g/mol. The fourth-order valence-electron chi connectivity index (χ4n) is 1.78. The van der Waals surface area contributed by atoms with E-state index in [4.69, 9.17) is 0 Å². The predicted molar refractivity (Wildman–Crippen MR) is 68.3 cm³/mol. The molecule has 0 aliphatic rings. The smallest absolute Gasteiger partial charge is 0.273 e. The Morgan fingerprint density at radius 2 is 2.06 bits per heavy atom. The van der Waals surface area contributed by atoms with Gasteiger partial charge in [0.1, 0.15) is 5.69 Å². The highest BCUT2D eigenvalue weighted by molar-refractivity contribution is 6.07. The number of carbonyl (C=O) groups is 1. The molecule has 0 fully saturated rings. The third-order valence-corrected chi connectivity index (χ3v) is 2.64. The van der Waals surface area contributed by atoms with E-state index in [1.165, 1.54) is 0 Å². The van der Waals surface area contributed by atoms with E-state index in [-0.39, 0.29) is 5.91 Å². The van der Waals surface area contributed by atoms with Crippen molar-refractivity contribution in [2.45, 2.75) is 0 Å². The van der Waals surface area contributed by atoms with Crippen LogP contribution in [0.5, 0.6) is 0 Å². The first kappa shape index (κ1) is 10.5. The Balaban J connectivity index is 1.98. The largest absolute Gasteiger partial charge is 0.320 e. The van der Waals surface area contributed by atoms with E-state index >= 15 is 0 Å². The monoisotopic (exact) mass is 238 g/mol. The van der Waals surface area contributed by atoms with Crippen LogP contribution in [0.4, 0.5) is 5.69 Å². The second-order valence-electron chi connectivity index (χ2n) is 3.80. The first-order valence-corrected chi connectivity index (χ1v) is 5.49. The second-order valence-corrected chi connectivity index (χ2v) is 3.80. The highest BCUT2D eigenvalue weighted by atomic mass is 16.1. The lowest BCUT2D eigenvalue weighted by Crippen LogP contribution is -2.12. The standard InChI is InChI=1S/C13H10N4O/c18-13(12-6-8-15-17-12)16-11-5-1-4-10-9(11)3-2-7-14-10/h1-8H,(H,15,17)(H,16,18). The van der Waals surface area contributed by atoms with Gasteiger partial charge in [0, 0.05) is 17.8 Å². The van der Waals surface area contributed by atoms with E-state index in [2.05, 4.69) is 20.5 Å². The number of amides is 1. The number of aromatic nitrogens is 3. The van der Waals surface area contributed by atoms with Gasteiger partial charge in [0.2, 0.25) is 0 Å². The Bertz CT molecular complexity index is 686. The Morgan fingerprint density at radius 3 is 2.89 bits per heavy atom. The van der Waals surface area contributed by atoms with Crippen molar-refractivity contribution in [3.8, 4) is 0 Å². The van der Waals surface area contributed by atoms with Crippen LogP contribution in [0.1, 0.15) is 10.5 Å². The summed E-state index contributed by atoms with van der Waals surface area (Å²) in [6, 6.07) is 11.0. The normalized spacial score (nSPS) is 10.4. The molecule has 18 heavy (non-hydrogen) atoms. The van der Waals surface area contributed by atoms with E-state index in [9.17, 15) is 4.79 Å². The number of pyridine rings is 1. The highest BCUT2D eigenvalue weighted by Gasteiger charge is 2.09. The molecule has 2 aromatic heterocycles. The van der Waals surface area contributed by atoms with Gasteiger partial charge in [0.15, 0.2) is 0 Å². The molecule has 0 spiro atoms. The summed E-state index contributed by atoms with van der Waals surface area (Å²) in [6.07, 6.45) is 3.27. The van der Waals surface area contributed by atoms with Gasteiger partial charge in [-0.1, -0.05) is 6.07 Å². The van der Waals surface area contributed by atoms with Crippen LogP contribution in [0.15, 0.2) is 48.8 Å². The molecule has 0 unspecified atom stereocenters. The molecule has 3 aromatic rings. The minimum atomic E-state index is -0.219. The number of hydrogen-bond donors (Lipinski definition) is 2. The Hall–Kier alpha value is -2.69. The second kappa shape index (κ2) is 4.29. The zero-order valence-corrected chi connectivity index (χ0v) is 9.42. The molecule has 5 nitrogen and oxygen atoms in total. The summed E-state index contributed by atoms with van der Waals surface area (Å²) >= 11 is 0. The molecule has 1 aromatic carbocycles. The summed E-state index contributed by atoms with van der Waals surface area (Å²) in [6.45, 7) is 0. The average Bonchev–Trinajstić information content (AvgIpc) is 2.93. The van der Waals surface area contributed by atoms with Crippen LogP contribution in [0.2, 0.25) is 0 Å². The van der Waals surface area contributed by atoms with Crippen molar-refractivity contribution in [1.29, 1.82) is 0 Å². The number of anilines is 1. The number of nitrogens with one attached hydrogen (secondary N) is 2. The van der Waals surface area contributed by atoms with Gasteiger partial charge in [-0.3, -0.25) is 14.9 Å². The van der Waals surface area contributed by atoms with Gasteiger partial charge in [-0.05, 0) is 30.3 Å². The third kappa shape index (κ3) is 1.82. The number of nitrogens with zero attached hydrogens (tertiary/aromatic N) is 2. The van der Waals surface area contributed by atoms with Gasteiger partial charge in [-0.25, -0.2) is 0 Å². The summed E-state index contributed by atoms with van der Waals surface area (Å²) in [5.74, 6) is -0.219.